The van der Waals surface area contributed by atoms with E-state index in [4.69, 9.17) is 20.3 Å². The fourth-order valence-electron chi connectivity index (χ4n) is 1.90. The fourth-order valence-corrected chi connectivity index (χ4v) is 1.90. The van der Waals surface area contributed by atoms with E-state index in [9.17, 15) is 0 Å². The number of nitrogens with zero attached hydrogens (tertiary/aromatic N) is 1. The second kappa shape index (κ2) is 8.90. The van der Waals surface area contributed by atoms with E-state index in [2.05, 4.69) is 4.90 Å². The summed E-state index contributed by atoms with van der Waals surface area (Å²) in [4.78, 5) is 2.38. The molecule has 5 heteroatoms. The van der Waals surface area contributed by atoms with Crippen LogP contribution < -0.4 is 5.73 Å². The maximum Gasteiger partial charge on any atom is 0.0701 e. The van der Waals surface area contributed by atoms with Crippen molar-refractivity contribution < 1.29 is 14.6 Å². The highest BCUT2D eigenvalue weighted by molar-refractivity contribution is 4.72. The van der Waals surface area contributed by atoms with E-state index in [0.717, 1.165) is 39.1 Å². The third kappa shape index (κ3) is 5.77. The minimum Gasteiger partial charge on any atom is -0.394 e. The van der Waals surface area contributed by atoms with Crippen molar-refractivity contribution in [2.24, 2.45) is 5.73 Å². The van der Waals surface area contributed by atoms with Gasteiger partial charge in [-0.15, -0.1) is 0 Å². The largest absolute Gasteiger partial charge is 0.394 e. The van der Waals surface area contributed by atoms with E-state index < -0.39 is 0 Å². The molecule has 16 heavy (non-hydrogen) atoms. The van der Waals surface area contributed by atoms with Crippen LogP contribution in [0.15, 0.2) is 0 Å². The number of hydrogen-bond donors (Lipinski definition) is 2. The van der Waals surface area contributed by atoms with E-state index in [1.165, 1.54) is 0 Å². The average molecular weight is 232 g/mol. The number of piperidine rings is 1. The van der Waals surface area contributed by atoms with Crippen molar-refractivity contribution in [1.29, 1.82) is 0 Å². The van der Waals surface area contributed by atoms with Crippen molar-refractivity contribution in [2.75, 3.05) is 52.6 Å². The van der Waals surface area contributed by atoms with Crippen molar-refractivity contribution >= 4 is 0 Å². The molecule has 0 atom stereocenters. The van der Waals surface area contributed by atoms with Gasteiger partial charge < -0.3 is 25.2 Å². The van der Waals surface area contributed by atoms with Gasteiger partial charge in [0.2, 0.25) is 0 Å². The van der Waals surface area contributed by atoms with Crippen molar-refractivity contribution in [3.63, 3.8) is 0 Å². The summed E-state index contributed by atoms with van der Waals surface area (Å²) < 4.78 is 10.8. The summed E-state index contributed by atoms with van der Waals surface area (Å²) in [5.74, 6) is 0. The molecule has 1 aliphatic heterocycles. The summed E-state index contributed by atoms with van der Waals surface area (Å²) in [7, 11) is 0. The molecule has 96 valence electrons. The molecule has 0 spiro atoms. The van der Waals surface area contributed by atoms with E-state index >= 15 is 0 Å². The highest BCUT2D eigenvalue weighted by Gasteiger charge is 2.18. The Kier molecular flexibility index (Phi) is 7.71. The second-order valence-corrected chi connectivity index (χ2v) is 4.04. The molecule has 0 amide bonds. The number of rotatable bonds is 8. The van der Waals surface area contributed by atoms with Crippen LogP contribution in [0.2, 0.25) is 0 Å². The Hall–Kier alpha value is -0.200. The van der Waals surface area contributed by atoms with Crippen LogP contribution in [0.1, 0.15) is 12.8 Å². The normalized spacial score (nSPS) is 19.1. The molecule has 1 rings (SSSR count). The van der Waals surface area contributed by atoms with Crippen molar-refractivity contribution in [2.45, 2.75) is 18.9 Å². The highest BCUT2D eigenvalue weighted by Crippen LogP contribution is 2.12. The van der Waals surface area contributed by atoms with Crippen LogP contribution in [0.4, 0.5) is 0 Å². The number of likely N-dealkylation sites (tertiary alicyclic amines) is 1. The van der Waals surface area contributed by atoms with Gasteiger partial charge in [-0.1, -0.05) is 0 Å². The number of aliphatic hydroxyl groups is 1. The van der Waals surface area contributed by atoms with Crippen molar-refractivity contribution in [1.82, 2.24) is 4.90 Å². The lowest BCUT2D eigenvalue weighted by Crippen LogP contribution is -2.39. The SMILES string of the molecule is NCCOCCN1CCC(OCCO)CC1. The maximum absolute atomic E-state index is 8.65. The van der Waals surface area contributed by atoms with E-state index in [1.807, 2.05) is 0 Å². The molecular formula is C11H24N2O3. The molecule has 0 aromatic heterocycles. The molecule has 3 N–H and O–H groups in total. The molecule has 1 heterocycles. The Morgan fingerprint density at radius 3 is 2.56 bits per heavy atom. The first kappa shape index (κ1) is 13.9. The minimum atomic E-state index is 0.118. The van der Waals surface area contributed by atoms with Crippen LogP contribution >= 0.6 is 0 Å². The van der Waals surface area contributed by atoms with Crippen LogP contribution in [-0.2, 0) is 9.47 Å². The Bertz CT molecular complexity index is 161. The maximum atomic E-state index is 8.65. The second-order valence-electron chi connectivity index (χ2n) is 4.04. The first-order chi connectivity index (χ1) is 7.86. The molecule has 1 aliphatic rings. The van der Waals surface area contributed by atoms with E-state index in [0.29, 0.717) is 25.9 Å². The standard InChI is InChI=1S/C11H24N2O3/c12-3-8-15-9-6-13-4-1-11(2-5-13)16-10-7-14/h11,14H,1-10,12H2. The van der Waals surface area contributed by atoms with Crippen LogP contribution in [0.5, 0.6) is 0 Å². The average Bonchev–Trinajstić information content (AvgIpc) is 2.33. The predicted octanol–water partition coefficient (Wildman–Crippen LogP) is -0.565. The molecule has 0 radical (unpaired) electrons. The monoisotopic (exact) mass is 232 g/mol. The Morgan fingerprint density at radius 1 is 1.19 bits per heavy atom. The zero-order chi connectivity index (χ0) is 11.6. The predicted molar refractivity (Wildman–Crippen MR) is 62.4 cm³/mol. The first-order valence-electron chi connectivity index (χ1n) is 6.09. The van der Waals surface area contributed by atoms with Crippen molar-refractivity contribution in [3.05, 3.63) is 0 Å². The van der Waals surface area contributed by atoms with Gasteiger partial charge in [0.15, 0.2) is 0 Å². The molecule has 0 aromatic carbocycles. The zero-order valence-electron chi connectivity index (χ0n) is 9.94. The number of aliphatic hydroxyl groups excluding tert-OH is 1. The molecule has 5 nitrogen and oxygen atoms in total. The lowest BCUT2D eigenvalue weighted by Gasteiger charge is -2.31. The fraction of sp³-hybridized carbons (Fsp3) is 1.00. The lowest BCUT2D eigenvalue weighted by atomic mass is 10.1. The molecule has 0 saturated carbocycles. The van der Waals surface area contributed by atoms with Gasteiger partial charge in [0, 0.05) is 26.2 Å². The van der Waals surface area contributed by atoms with E-state index in [-0.39, 0.29) is 6.61 Å². The Labute approximate surface area is 97.5 Å². The molecule has 0 aliphatic carbocycles. The molecular weight excluding hydrogens is 208 g/mol. The molecule has 1 fully saturated rings. The number of hydrogen-bond acceptors (Lipinski definition) is 5. The third-order valence-corrected chi connectivity index (χ3v) is 2.79. The molecule has 1 saturated heterocycles. The minimum absolute atomic E-state index is 0.118. The van der Waals surface area contributed by atoms with Gasteiger partial charge in [-0.3, -0.25) is 0 Å². The van der Waals surface area contributed by atoms with Crippen molar-refractivity contribution in [3.8, 4) is 0 Å². The third-order valence-electron chi connectivity index (χ3n) is 2.79. The number of ether oxygens (including phenoxy) is 2. The Balaban J connectivity index is 1.98. The van der Waals surface area contributed by atoms with Gasteiger partial charge in [-0.05, 0) is 12.8 Å². The topological polar surface area (TPSA) is 68.0 Å². The summed E-state index contributed by atoms with van der Waals surface area (Å²) in [5, 5.41) is 8.65. The summed E-state index contributed by atoms with van der Waals surface area (Å²) >= 11 is 0. The number of nitrogens with two attached hydrogens (primary N) is 1. The quantitative estimate of drug-likeness (QED) is 0.549. The summed E-state index contributed by atoms with van der Waals surface area (Å²) in [6.07, 6.45) is 2.43. The lowest BCUT2D eigenvalue weighted by molar-refractivity contribution is -0.0120. The molecule has 0 bridgehead atoms. The summed E-state index contributed by atoms with van der Waals surface area (Å²) in [6.45, 7) is 5.68. The van der Waals surface area contributed by atoms with Crippen LogP contribution in [-0.4, -0.2) is 68.7 Å². The van der Waals surface area contributed by atoms with Crippen LogP contribution in [0.25, 0.3) is 0 Å². The Morgan fingerprint density at radius 2 is 1.94 bits per heavy atom. The van der Waals surface area contributed by atoms with Gasteiger partial charge >= 0.3 is 0 Å². The zero-order valence-corrected chi connectivity index (χ0v) is 9.94. The first-order valence-corrected chi connectivity index (χ1v) is 6.09. The van der Waals surface area contributed by atoms with Gasteiger partial charge in [-0.2, -0.15) is 0 Å². The smallest absolute Gasteiger partial charge is 0.0701 e. The molecule has 0 aromatic rings. The van der Waals surface area contributed by atoms with Gasteiger partial charge in [0.25, 0.3) is 0 Å². The van der Waals surface area contributed by atoms with Gasteiger partial charge in [-0.25, -0.2) is 0 Å². The summed E-state index contributed by atoms with van der Waals surface area (Å²) in [6, 6.07) is 0. The van der Waals surface area contributed by atoms with Gasteiger partial charge in [0.1, 0.15) is 0 Å². The van der Waals surface area contributed by atoms with E-state index in [1.54, 1.807) is 0 Å². The van der Waals surface area contributed by atoms with Gasteiger partial charge in [0.05, 0.1) is 32.5 Å². The summed E-state index contributed by atoms with van der Waals surface area (Å²) in [5.41, 5.74) is 5.34. The van der Waals surface area contributed by atoms with Crippen LogP contribution in [0.3, 0.4) is 0 Å². The highest BCUT2D eigenvalue weighted by atomic mass is 16.5. The molecule has 0 unspecified atom stereocenters. The van der Waals surface area contributed by atoms with Crippen LogP contribution in [0, 0.1) is 0 Å².